The van der Waals surface area contributed by atoms with Crippen LogP contribution < -0.4 is 0 Å². The van der Waals surface area contributed by atoms with E-state index in [-0.39, 0.29) is 0 Å². The third-order valence-corrected chi connectivity index (χ3v) is 6.31. The first kappa shape index (κ1) is 28.9. The molecule has 16 heteroatoms. The van der Waals surface area contributed by atoms with Gasteiger partial charge in [0.25, 0.3) is 0 Å². The van der Waals surface area contributed by atoms with Crippen molar-refractivity contribution < 1.29 is 79.5 Å². The molecule has 0 aromatic rings. The normalized spacial score (nSPS) is 51.3. The predicted molar refractivity (Wildman–Crippen MR) is 106 cm³/mol. The van der Waals surface area contributed by atoms with Gasteiger partial charge in [-0.15, -0.1) is 0 Å². The fourth-order valence-corrected chi connectivity index (χ4v) is 4.23. The Balaban J connectivity index is 1.78. The number of hydrogen-bond acceptors (Lipinski definition) is 16. The van der Waals surface area contributed by atoms with Crippen LogP contribution in [0.15, 0.2) is 0 Å². The van der Waals surface area contributed by atoms with Crippen molar-refractivity contribution in [1.29, 1.82) is 0 Å². The summed E-state index contributed by atoms with van der Waals surface area (Å²) in [5.74, 6) is 0. The Hall–Kier alpha value is -0.640. The van der Waals surface area contributed by atoms with E-state index in [1.54, 1.807) is 0 Å². The third kappa shape index (κ3) is 5.78. The van der Waals surface area contributed by atoms with Crippen LogP contribution in [0.3, 0.4) is 0 Å². The maximum absolute atomic E-state index is 10.8. The molecule has 3 aliphatic heterocycles. The summed E-state index contributed by atoms with van der Waals surface area (Å²) in [6.07, 6.45) is -24.1. The monoisotopic (exact) mass is 518 g/mol. The van der Waals surface area contributed by atoms with Crippen LogP contribution >= 0.6 is 0 Å². The Morgan fingerprint density at radius 2 is 0.943 bits per heavy atom. The van der Waals surface area contributed by atoms with Gasteiger partial charge in [-0.2, -0.15) is 0 Å². The summed E-state index contributed by atoms with van der Waals surface area (Å²) < 4.78 is 31.9. The molecule has 0 aromatic carbocycles. The molecule has 3 saturated heterocycles. The topological polar surface area (TPSA) is 258 Å². The lowest BCUT2D eigenvalue weighted by Crippen LogP contribution is -2.66. The van der Waals surface area contributed by atoms with Gasteiger partial charge in [0.15, 0.2) is 18.9 Å². The van der Waals surface area contributed by atoms with E-state index in [0.717, 1.165) is 0 Å². The first-order valence-corrected chi connectivity index (χ1v) is 11.0. The van der Waals surface area contributed by atoms with Gasteiger partial charge in [-0.3, -0.25) is 0 Å². The van der Waals surface area contributed by atoms with E-state index in [4.69, 9.17) is 28.4 Å². The van der Waals surface area contributed by atoms with Crippen LogP contribution in [0.4, 0.5) is 0 Å². The van der Waals surface area contributed by atoms with Crippen molar-refractivity contribution in [3.63, 3.8) is 0 Å². The smallest absolute Gasteiger partial charge is 0.187 e. The average Bonchev–Trinajstić information content (AvgIpc) is 2.86. The van der Waals surface area contributed by atoms with Crippen molar-refractivity contribution >= 4 is 0 Å². The molecule has 0 spiro atoms. The summed E-state index contributed by atoms with van der Waals surface area (Å²) >= 11 is 0. The minimum Gasteiger partial charge on any atom is -0.394 e. The lowest BCUT2D eigenvalue weighted by atomic mass is 9.96. The van der Waals surface area contributed by atoms with Gasteiger partial charge < -0.3 is 79.5 Å². The second-order valence-electron chi connectivity index (χ2n) is 8.55. The third-order valence-electron chi connectivity index (χ3n) is 6.31. The molecule has 3 fully saturated rings. The van der Waals surface area contributed by atoms with E-state index in [1.807, 2.05) is 0 Å². The van der Waals surface area contributed by atoms with Crippen molar-refractivity contribution in [1.82, 2.24) is 0 Å². The Bertz CT molecular complexity index is 652. The molecular weight excluding hydrogens is 484 g/mol. The minimum atomic E-state index is -1.87. The van der Waals surface area contributed by atoms with E-state index in [1.165, 1.54) is 7.11 Å². The molecule has 0 radical (unpaired) electrons. The zero-order chi connectivity index (χ0) is 26.0. The van der Waals surface area contributed by atoms with Gasteiger partial charge in [0.1, 0.15) is 73.2 Å². The summed E-state index contributed by atoms with van der Waals surface area (Å²) in [5, 5.41) is 101. The number of hydrogen-bond donors (Lipinski definition) is 10. The number of aliphatic hydroxyl groups excluding tert-OH is 10. The fraction of sp³-hybridized carbons (Fsp3) is 1.00. The first-order valence-electron chi connectivity index (χ1n) is 11.0. The maximum atomic E-state index is 10.8. The second-order valence-corrected chi connectivity index (χ2v) is 8.55. The molecule has 0 aromatic heterocycles. The Kier molecular flexibility index (Phi) is 10.1. The van der Waals surface area contributed by atoms with E-state index in [0.29, 0.717) is 0 Å². The summed E-state index contributed by atoms with van der Waals surface area (Å²) in [5.41, 5.74) is 0. The SMILES string of the molecule is CO[C@@H]1OC(CO)[C@H](O[C@H]2OC(CO)[C@@H](O)C(O[C@@H]3OC(CO)[C@H](O)C(O)C3O)C2O)C(O)C1O. The molecule has 0 aliphatic carbocycles. The summed E-state index contributed by atoms with van der Waals surface area (Å²) in [4.78, 5) is 0. The molecule has 16 nitrogen and oxygen atoms in total. The number of rotatable bonds is 8. The van der Waals surface area contributed by atoms with Crippen molar-refractivity contribution in [2.45, 2.75) is 92.1 Å². The fourth-order valence-electron chi connectivity index (χ4n) is 4.23. The van der Waals surface area contributed by atoms with Crippen LogP contribution in [0, 0.1) is 0 Å². The Labute approximate surface area is 199 Å². The zero-order valence-electron chi connectivity index (χ0n) is 18.7. The van der Waals surface area contributed by atoms with Gasteiger partial charge in [0, 0.05) is 7.11 Å². The van der Waals surface area contributed by atoms with Gasteiger partial charge in [-0.05, 0) is 0 Å². The highest BCUT2D eigenvalue weighted by molar-refractivity contribution is 4.96. The summed E-state index contributed by atoms with van der Waals surface area (Å²) in [7, 11) is 1.21. The molecule has 10 N–H and O–H groups in total. The van der Waals surface area contributed by atoms with Gasteiger partial charge in [0.05, 0.1) is 19.8 Å². The zero-order valence-corrected chi connectivity index (χ0v) is 18.7. The van der Waals surface area contributed by atoms with Crippen LogP contribution in [0.1, 0.15) is 0 Å². The largest absolute Gasteiger partial charge is 0.394 e. The molecule has 3 heterocycles. The van der Waals surface area contributed by atoms with Crippen LogP contribution in [0.5, 0.6) is 0 Å². The summed E-state index contributed by atoms with van der Waals surface area (Å²) in [6.45, 7) is -2.22. The van der Waals surface area contributed by atoms with Crippen molar-refractivity contribution in [2.24, 2.45) is 0 Å². The first-order chi connectivity index (χ1) is 16.6. The number of methoxy groups -OCH3 is 1. The molecule has 3 aliphatic rings. The van der Waals surface area contributed by atoms with Gasteiger partial charge in [0.2, 0.25) is 0 Å². The van der Waals surface area contributed by atoms with Crippen LogP contribution in [-0.2, 0) is 28.4 Å². The van der Waals surface area contributed by atoms with Gasteiger partial charge >= 0.3 is 0 Å². The van der Waals surface area contributed by atoms with Crippen LogP contribution in [0.25, 0.3) is 0 Å². The highest BCUT2D eigenvalue weighted by Crippen LogP contribution is 2.32. The molecular formula is C19H34O16. The van der Waals surface area contributed by atoms with Crippen LogP contribution in [0.2, 0.25) is 0 Å². The molecule has 15 atom stereocenters. The molecule has 9 unspecified atom stereocenters. The molecule has 3 rings (SSSR count). The van der Waals surface area contributed by atoms with Crippen molar-refractivity contribution in [2.75, 3.05) is 26.9 Å². The number of aliphatic hydroxyl groups is 10. The molecule has 206 valence electrons. The van der Waals surface area contributed by atoms with E-state index in [9.17, 15) is 51.1 Å². The highest BCUT2D eigenvalue weighted by atomic mass is 16.8. The van der Waals surface area contributed by atoms with Crippen molar-refractivity contribution in [3.8, 4) is 0 Å². The highest BCUT2D eigenvalue weighted by Gasteiger charge is 2.53. The van der Waals surface area contributed by atoms with E-state index >= 15 is 0 Å². The lowest BCUT2D eigenvalue weighted by Gasteiger charge is -2.48. The molecule has 0 amide bonds. The molecule has 0 saturated carbocycles. The van der Waals surface area contributed by atoms with Gasteiger partial charge in [-0.25, -0.2) is 0 Å². The standard InChI is InChI=1S/C19H34O16/c1-30-17-13(28)11(26)15(7(4-22)33-17)34-19-14(29)16(9(24)6(3-21)32-19)35-18-12(27)10(25)8(23)5(2-20)31-18/h5-29H,2-4H2,1H3/t5?,6?,7?,8-,9+,10?,11?,12?,13?,14?,15-,16?,17+,18-,19+/m0/s1. The van der Waals surface area contributed by atoms with Crippen LogP contribution in [-0.4, -0.2) is 170 Å². The summed E-state index contributed by atoms with van der Waals surface area (Å²) in [6, 6.07) is 0. The van der Waals surface area contributed by atoms with Gasteiger partial charge in [-0.1, -0.05) is 0 Å². The van der Waals surface area contributed by atoms with E-state index in [2.05, 4.69) is 0 Å². The maximum Gasteiger partial charge on any atom is 0.187 e. The second kappa shape index (κ2) is 12.3. The molecule has 35 heavy (non-hydrogen) atoms. The number of ether oxygens (including phenoxy) is 6. The predicted octanol–water partition coefficient (Wildman–Crippen LogP) is -6.92. The Morgan fingerprint density at radius 3 is 1.49 bits per heavy atom. The average molecular weight is 518 g/mol. The quantitative estimate of drug-likeness (QED) is 0.143. The Morgan fingerprint density at radius 1 is 0.486 bits per heavy atom. The molecule has 0 bridgehead atoms. The van der Waals surface area contributed by atoms with E-state index < -0.39 is 112 Å². The minimum absolute atomic E-state index is 0.687. The lowest BCUT2D eigenvalue weighted by molar-refractivity contribution is -0.379. The van der Waals surface area contributed by atoms with Crippen molar-refractivity contribution in [3.05, 3.63) is 0 Å².